The number of benzene rings is 2. The maximum Gasteiger partial charge on any atom is 0.261 e. The van der Waals surface area contributed by atoms with Crippen LogP contribution in [0.25, 0.3) is 11.3 Å². The molecule has 2 atom stereocenters. The van der Waals surface area contributed by atoms with Crippen LogP contribution in [-0.2, 0) is 19.4 Å². The molecule has 2 N–H and O–H groups in total. The zero-order valence-electron chi connectivity index (χ0n) is 20.5. The third-order valence-corrected chi connectivity index (χ3v) is 8.57. The highest BCUT2D eigenvalue weighted by Crippen LogP contribution is 2.39. The van der Waals surface area contributed by atoms with Gasteiger partial charge in [-0.1, -0.05) is 35.9 Å². The van der Waals surface area contributed by atoms with Gasteiger partial charge >= 0.3 is 0 Å². The number of nitrogens with one attached hydrogen (secondary N) is 1. The quantitative estimate of drug-likeness (QED) is 0.344. The number of aliphatic hydroxyl groups is 1. The highest BCUT2D eigenvalue weighted by atomic mass is 35.5. The van der Waals surface area contributed by atoms with Crippen molar-refractivity contribution in [3.8, 4) is 11.3 Å². The molecular weight excluding hydrogens is 546 g/mol. The van der Waals surface area contributed by atoms with E-state index in [4.69, 9.17) is 11.6 Å². The van der Waals surface area contributed by atoms with Crippen molar-refractivity contribution in [1.82, 2.24) is 20.0 Å². The number of thiophene rings is 1. The van der Waals surface area contributed by atoms with Crippen molar-refractivity contribution in [2.45, 2.75) is 38.1 Å². The van der Waals surface area contributed by atoms with Gasteiger partial charge in [0.2, 0.25) is 0 Å². The van der Waals surface area contributed by atoms with Gasteiger partial charge in [0, 0.05) is 34.7 Å². The molecule has 11 heteroatoms. The molecule has 0 saturated heterocycles. The molecule has 2 aliphatic heterocycles. The summed E-state index contributed by atoms with van der Waals surface area (Å²) in [5, 5.41) is 18.7. The Labute approximate surface area is 231 Å². The fourth-order valence-electron chi connectivity index (χ4n) is 5.26. The average Bonchev–Trinajstić information content (AvgIpc) is 3.53. The maximum atomic E-state index is 14.0. The van der Waals surface area contributed by atoms with Crippen molar-refractivity contribution >= 4 is 34.8 Å². The molecule has 0 aliphatic carbocycles. The van der Waals surface area contributed by atoms with Crippen molar-refractivity contribution < 1.29 is 23.5 Å². The number of hydrogen-bond acceptors (Lipinski definition) is 5. The van der Waals surface area contributed by atoms with Gasteiger partial charge in [-0.05, 0) is 49.1 Å². The smallest absolute Gasteiger partial charge is 0.261 e. The zero-order chi connectivity index (χ0) is 27.3. The van der Waals surface area contributed by atoms with E-state index in [1.165, 1.54) is 22.3 Å². The molecule has 6 rings (SSSR count). The van der Waals surface area contributed by atoms with E-state index in [1.807, 2.05) is 4.68 Å². The molecule has 0 radical (unpaired) electrons. The van der Waals surface area contributed by atoms with E-state index in [2.05, 4.69) is 10.4 Å². The molecule has 2 amide bonds. The molecular formula is C28H23ClF2N4O3S. The summed E-state index contributed by atoms with van der Waals surface area (Å²) in [6.07, 6.45) is 2.15. The number of rotatable bonds is 6. The van der Waals surface area contributed by atoms with Crippen molar-refractivity contribution in [3.05, 3.63) is 97.8 Å². The summed E-state index contributed by atoms with van der Waals surface area (Å²) in [7, 11) is 0. The maximum absolute atomic E-state index is 14.0. The van der Waals surface area contributed by atoms with Crippen LogP contribution in [0.2, 0.25) is 5.02 Å². The van der Waals surface area contributed by atoms with Gasteiger partial charge < -0.3 is 15.3 Å². The summed E-state index contributed by atoms with van der Waals surface area (Å²) in [5.41, 5.74) is 2.95. The Morgan fingerprint density at radius 1 is 1.18 bits per heavy atom. The minimum atomic E-state index is -1.18. The van der Waals surface area contributed by atoms with Crippen LogP contribution in [0.5, 0.6) is 0 Å². The minimum Gasteiger partial charge on any atom is -0.369 e. The van der Waals surface area contributed by atoms with Crippen LogP contribution in [0.1, 0.15) is 48.7 Å². The second-order valence-electron chi connectivity index (χ2n) is 9.66. The molecule has 0 fully saturated rings. The Hall–Kier alpha value is -3.60. The number of carbonyl (C=O) groups excluding carboxylic acids is 2. The largest absolute Gasteiger partial charge is 0.369 e. The molecule has 4 heterocycles. The number of aromatic nitrogens is 2. The summed E-state index contributed by atoms with van der Waals surface area (Å²) in [6.45, 7) is 0.693. The lowest BCUT2D eigenvalue weighted by Crippen LogP contribution is -2.46. The van der Waals surface area contributed by atoms with Crippen molar-refractivity contribution in [1.29, 1.82) is 0 Å². The predicted molar refractivity (Wildman–Crippen MR) is 143 cm³/mol. The standard InChI is InChI=1S/C28H23ClF2N4O3S/c29-20-13-32-35-9-3-6-23-19(25(20)35)12-24(39-23)26(36)33-16(10-15-7-8-21(30)22(31)11-15)14-34-27(37)17-4-1-2-5-18(17)28(34)38/h1-2,4-5,7-8,11-13,16,27,37H,3,6,9-10,14H2,(H,33,36)/t16-,27?/m0/s1. The van der Waals surface area contributed by atoms with Crippen LogP contribution in [0, 0.1) is 11.6 Å². The van der Waals surface area contributed by atoms with Gasteiger partial charge in [-0.25, -0.2) is 8.78 Å². The van der Waals surface area contributed by atoms with Gasteiger partial charge in [-0.3, -0.25) is 14.3 Å². The number of hydrogen-bond donors (Lipinski definition) is 2. The molecule has 2 aromatic carbocycles. The van der Waals surface area contributed by atoms with Gasteiger partial charge in [0.1, 0.15) is 0 Å². The van der Waals surface area contributed by atoms with Gasteiger partial charge in [0.05, 0.1) is 27.8 Å². The first-order valence-corrected chi connectivity index (χ1v) is 13.7. The zero-order valence-corrected chi connectivity index (χ0v) is 22.1. The van der Waals surface area contributed by atoms with Gasteiger partial charge in [-0.2, -0.15) is 5.10 Å². The topological polar surface area (TPSA) is 87.5 Å². The van der Waals surface area contributed by atoms with E-state index in [1.54, 1.807) is 36.5 Å². The second kappa shape index (κ2) is 10.2. The molecule has 1 unspecified atom stereocenters. The third kappa shape index (κ3) is 4.73. The molecule has 0 saturated carbocycles. The number of aryl methyl sites for hydroxylation is 2. The monoisotopic (exact) mass is 568 g/mol. The number of fused-ring (bicyclic) bond motifs is 4. The summed E-state index contributed by atoms with van der Waals surface area (Å²) in [6, 6.07) is 11.4. The molecule has 0 spiro atoms. The van der Waals surface area contributed by atoms with E-state index in [-0.39, 0.29) is 24.8 Å². The Balaban J connectivity index is 1.28. The van der Waals surface area contributed by atoms with E-state index in [0.717, 1.165) is 47.7 Å². The summed E-state index contributed by atoms with van der Waals surface area (Å²) < 4.78 is 29.4. The second-order valence-corrected chi connectivity index (χ2v) is 11.2. The minimum absolute atomic E-state index is 0.0386. The first kappa shape index (κ1) is 25.7. The summed E-state index contributed by atoms with van der Waals surface area (Å²) in [5.74, 6) is -2.72. The Morgan fingerprint density at radius 3 is 2.79 bits per heavy atom. The van der Waals surface area contributed by atoms with Crippen LogP contribution in [0.15, 0.2) is 54.7 Å². The molecule has 2 aliphatic rings. The number of amides is 2. The predicted octanol–water partition coefficient (Wildman–Crippen LogP) is 4.98. The SMILES string of the molecule is O=C(N[C@@H](Cc1ccc(F)c(F)c1)CN1C(=O)c2ccccc2C1O)c1cc2c(s1)CCCn1ncc(Cl)c1-2. The first-order valence-electron chi connectivity index (χ1n) is 12.5. The third-order valence-electron chi connectivity index (χ3n) is 7.10. The van der Waals surface area contributed by atoms with E-state index in [0.29, 0.717) is 26.6 Å². The lowest BCUT2D eigenvalue weighted by molar-refractivity contribution is 0.0133. The van der Waals surface area contributed by atoms with Crippen LogP contribution in [-0.4, -0.2) is 44.2 Å². The van der Waals surface area contributed by atoms with Gasteiger partial charge in [0.25, 0.3) is 11.8 Å². The normalized spacial score (nSPS) is 16.9. The van der Waals surface area contributed by atoms with E-state index in [9.17, 15) is 23.5 Å². The molecule has 4 aromatic rings. The Kier molecular flexibility index (Phi) is 6.70. The fourth-order valence-corrected chi connectivity index (χ4v) is 6.60. The summed E-state index contributed by atoms with van der Waals surface area (Å²) in [4.78, 5) is 29.3. The first-order chi connectivity index (χ1) is 18.8. The van der Waals surface area contributed by atoms with Crippen molar-refractivity contribution in [2.24, 2.45) is 0 Å². The van der Waals surface area contributed by atoms with Crippen LogP contribution < -0.4 is 5.32 Å². The molecule has 7 nitrogen and oxygen atoms in total. The Bertz CT molecular complexity index is 1600. The van der Waals surface area contributed by atoms with E-state index >= 15 is 0 Å². The van der Waals surface area contributed by atoms with Gasteiger partial charge in [-0.15, -0.1) is 11.3 Å². The number of aliphatic hydroxyl groups excluding tert-OH is 1. The van der Waals surface area contributed by atoms with Crippen LogP contribution in [0.4, 0.5) is 8.78 Å². The average molecular weight is 569 g/mol. The fraction of sp³-hybridized carbons (Fsp3) is 0.250. The number of nitrogens with zero attached hydrogens (tertiary/aromatic N) is 3. The lowest BCUT2D eigenvalue weighted by atomic mass is 10.0. The van der Waals surface area contributed by atoms with Crippen molar-refractivity contribution in [2.75, 3.05) is 6.54 Å². The number of carbonyl (C=O) groups is 2. The molecule has 39 heavy (non-hydrogen) atoms. The summed E-state index contributed by atoms with van der Waals surface area (Å²) >= 11 is 7.78. The van der Waals surface area contributed by atoms with Crippen LogP contribution >= 0.6 is 22.9 Å². The molecule has 200 valence electrons. The van der Waals surface area contributed by atoms with Crippen molar-refractivity contribution in [3.63, 3.8) is 0 Å². The molecule has 2 aromatic heterocycles. The lowest BCUT2D eigenvalue weighted by Gasteiger charge is -2.27. The highest BCUT2D eigenvalue weighted by molar-refractivity contribution is 7.14. The highest BCUT2D eigenvalue weighted by Gasteiger charge is 2.37. The number of halogens is 3. The van der Waals surface area contributed by atoms with Gasteiger partial charge in [0.15, 0.2) is 17.9 Å². The van der Waals surface area contributed by atoms with Crippen LogP contribution in [0.3, 0.4) is 0 Å². The van der Waals surface area contributed by atoms with E-state index < -0.39 is 23.9 Å². The Morgan fingerprint density at radius 2 is 2.00 bits per heavy atom. The molecule has 0 bridgehead atoms.